The molecule has 1 aromatic heterocycles. The molecule has 18 heavy (non-hydrogen) atoms. The first-order valence-electron chi connectivity index (χ1n) is 6.61. The Morgan fingerprint density at radius 2 is 2.22 bits per heavy atom. The van der Waals surface area contributed by atoms with Crippen molar-refractivity contribution < 1.29 is 9.63 Å². The number of aliphatic hydroxyl groups is 1. The Kier molecular flexibility index (Phi) is 3.73. The summed E-state index contributed by atoms with van der Waals surface area (Å²) in [6.45, 7) is 10.5. The van der Waals surface area contributed by atoms with Crippen LogP contribution < -0.4 is 0 Å². The van der Waals surface area contributed by atoms with Gasteiger partial charge in [0.15, 0.2) is 5.82 Å². The zero-order valence-corrected chi connectivity index (χ0v) is 11.7. The summed E-state index contributed by atoms with van der Waals surface area (Å²) >= 11 is 0. The summed E-state index contributed by atoms with van der Waals surface area (Å²) in [5.74, 6) is 1.82. The second-order valence-corrected chi connectivity index (χ2v) is 6.21. The number of likely N-dealkylation sites (tertiary alicyclic amines) is 1. The van der Waals surface area contributed by atoms with Gasteiger partial charge in [-0.3, -0.25) is 4.90 Å². The third kappa shape index (κ3) is 2.72. The number of hydrogen-bond acceptors (Lipinski definition) is 5. The van der Waals surface area contributed by atoms with Crippen LogP contribution in [-0.2, 0) is 5.41 Å². The standard InChI is InChI=1S/C13H23N3O2/c1-9(16-6-5-10(7-16)8-17)11-14-12(15-18-11)13(2,3)4/h9-10,17H,5-8H2,1-4H3. The van der Waals surface area contributed by atoms with E-state index >= 15 is 0 Å². The highest BCUT2D eigenvalue weighted by atomic mass is 16.5. The van der Waals surface area contributed by atoms with E-state index in [4.69, 9.17) is 9.63 Å². The Morgan fingerprint density at radius 3 is 2.72 bits per heavy atom. The molecule has 1 saturated heterocycles. The second kappa shape index (κ2) is 4.97. The maximum Gasteiger partial charge on any atom is 0.243 e. The molecule has 0 saturated carbocycles. The molecule has 1 aromatic rings. The van der Waals surface area contributed by atoms with Crippen molar-refractivity contribution in [1.29, 1.82) is 0 Å². The van der Waals surface area contributed by atoms with E-state index in [2.05, 4.69) is 42.7 Å². The van der Waals surface area contributed by atoms with Crippen LogP contribution in [0.1, 0.15) is 51.9 Å². The van der Waals surface area contributed by atoms with Crippen LogP contribution in [0.5, 0.6) is 0 Å². The zero-order chi connectivity index (χ0) is 13.3. The van der Waals surface area contributed by atoms with Gasteiger partial charge in [-0.25, -0.2) is 0 Å². The molecule has 0 spiro atoms. The molecule has 0 aromatic carbocycles. The molecule has 1 N–H and O–H groups in total. The highest BCUT2D eigenvalue weighted by molar-refractivity contribution is 5.02. The molecule has 5 nitrogen and oxygen atoms in total. The predicted molar refractivity (Wildman–Crippen MR) is 68.2 cm³/mol. The highest BCUT2D eigenvalue weighted by Crippen LogP contribution is 2.27. The van der Waals surface area contributed by atoms with E-state index in [1.807, 2.05) is 0 Å². The zero-order valence-electron chi connectivity index (χ0n) is 11.7. The predicted octanol–water partition coefficient (Wildman–Crippen LogP) is 1.74. The second-order valence-electron chi connectivity index (χ2n) is 6.21. The van der Waals surface area contributed by atoms with Gasteiger partial charge < -0.3 is 9.63 Å². The van der Waals surface area contributed by atoms with Gasteiger partial charge in [0, 0.05) is 18.6 Å². The van der Waals surface area contributed by atoms with E-state index in [9.17, 15) is 0 Å². The minimum absolute atomic E-state index is 0.0832. The Hall–Kier alpha value is -0.940. The number of aromatic nitrogens is 2. The first-order valence-corrected chi connectivity index (χ1v) is 6.61. The van der Waals surface area contributed by atoms with Crippen LogP contribution in [0.2, 0.25) is 0 Å². The van der Waals surface area contributed by atoms with Crippen molar-refractivity contribution >= 4 is 0 Å². The summed E-state index contributed by atoms with van der Waals surface area (Å²) in [6.07, 6.45) is 1.04. The number of rotatable bonds is 3. The van der Waals surface area contributed by atoms with Crippen LogP contribution in [0.3, 0.4) is 0 Å². The Morgan fingerprint density at radius 1 is 1.50 bits per heavy atom. The summed E-state index contributed by atoms with van der Waals surface area (Å²) < 4.78 is 5.37. The van der Waals surface area contributed by atoms with E-state index in [0.29, 0.717) is 11.8 Å². The molecule has 0 amide bonds. The van der Waals surface area contributed by atoms with Crippen molar-refractivity contribution in [2.45, 2.75) is 45.6 Å². The largest absolute Gasteiger partial charge is 0.396 e. The summed E-state index contributed by atoms with van der Waals surface area (Å²) in [7, 11) is 0. The van der Waals surface area contributed by atoms with E-state index in [1.165, 1.54) is 0 Å². The van der Waals surface area contributed by atoms with Crippen molar-refractivity contribution in [3.63, 3.8) is 0 Å². The highest BCUT2D eigenvalue weighted by Gasteiger charge is 2.30. The summed E-state index contributed by atoms with van der Waals surface area (Å²) in [5.41, 5.74) is -0.0832. The van der Waals surface area contributed by atoms with Gasteiger partial charge in [-0.2, -0.15) is 4.98 Å². The van der Waals surface area contributed by atoms with Gasteiger partial charge in [-0.1, -0.05) is 25.9 Å². The van der Waals surface area contributed by atoms with E-state index in [0.717, 1.165) is 25.3 Å². The van der Waals surface area contributed by atoms with Crippen LogP contribution in [0, 0.1) is 5.92 Å². The Balaban J connectivity index is 2.05. The van der Waals surface area contributed by atoms with E-state index in [-0.39, 0.29) is 18.1 Å². The monoisotopic (exact) mass is 253 g/mol. The molecule has 1 aliphatic heterocycles. The first kappa shape index (κ1) is 13.5. The lowest BCUT2D eigenvalue weighted by atomic mass is 9.96. The molecule has 0 radical (unpaired) electrons. The SMILES string of the molecule is CC(c1nc(C(C)(C)C)no1)N1CCC(CO)C1. The molecule has 1 fully saturated rings. The molecule has 0 bridgehead atoms. The minimum atomic E-state index is -0.0832. The van der Waals surface area contributed by atoms with Gasteiger partial charge in [0.05, 0.1) is 6.04 Å². The quantitative estimate of drug-likeness (QED) is 0.889. The number of nitrogens with zero attached hydrogens (tertiary/aromatic N) is 3. The Labute approximate surface area is 108 Å². The molecule has 5 heteroatoms. The van der Waals surface area contributed by atoms with Gasteiger partial charge in [-0.05, 0) is 25.8 Å². The lowest BCUT2D eigenvalue weighted by Gasteiger charge is -2.20. The van der Waals surface area contributed by atoms with Crippen molar-refractivity contribution in [2.75, 3.05) is 19.7 Å². The van der Waals surface area contributed by atoms with Gasteiger partial charge in [0.25, 0.3) is 0 Å². The molecule has 0 aliphatic carbocycles. The van der Waals surface area contributed by atoms with E-state index in [1.54, 1.807) is 0 Å². The van der Waals surface area contributed by atoms with Gasteiger partial charge in [0.2, 0.25) is 5.89 Å². The van der Waals surface area contributed by atoms with Gasteiger partial charge in [-0.15, -0.1) is 0 Å². The fraction of sp³-hybridized carbons (Fsp3) is 0.846. The molecule has 2 heterocycles. The molecule has 2 unspecified atom stereocenters. The van der Waals surface area contributed by atoms with Crippen LogP contribution in [0.25, 0.3) is 0 Å². The van der Waals surface area contributed by atoms with Crippen LogP contribution in [0.4, 0.5) is 0 Å². The lowest BCUT2D eigenvalue weighted by molar-refractivity contribution is 0.182. The molecular weight excluding hydrogens is 230 g/mol. The smallest absolute Gasteiger partial charge is 0.243 e. The number of hydrogen-bond donors (Lipinski definition) is 1. The maximum atomic E-state index is 9.17. The fourth-order valence-corrected chi connectivity index (χ4v) is 2.23. The molecule has 2 atom stereocenters. The Bertz CT molecular complexity index is 397. The van der Waals surface area contributed by atoms with Gasteiger partial charge >= 0.3 is 0 Å². The van der Waals surface area contributed by atoms with Crippen LogP contribution >= 0.6 is 0 Å². The molecule has 2 rings (SSSR count). The summed E-state index contributed by atoms with van der Waals surface area (Å²) in [4.78, 5) is 6.79. The number of aliphatic hydroxyl groups excluding tert-OH is 1. The lowest BCUT2D eigenvalue weighted by Crippen LogP contribution is -2.25. The van der Waals surface area contributed by atoms with Crippen molar-refractivity contribution in [3.05, 3.63) is 11.7 Å². The van der Waals surface area contributed by atoms with Crippen molar-refractivity contribution in [1.82, 2.24) is 15.0 Å². The third-order valence-electron chi connectivity index (χ3n) is 3.59. The van der Waals surface area contributed by atoms with Gasteiger partial charge in [0.1, 0.15) is 0 Å². The van der Waals surface area contributed by atoms with Crippen molar-refractivity contribution in [3.8, 4) is 0 Å². The third-order valence-corrected chi connectivity index (χ3v) is 3.59. The molecule has 1 aliphatic rings. The average Bonchev–Trinajstić information content (AvgIpc) is 2.96. The minimum Gasteiger partial charge on any atom is -0.396 e. The maximum absolute atomic E-state index is 9.17. The average molecular weight is 253 g/mol. The topological polar surface area (TPSA) is 62.4 Å². The van der Waals surface area contributed by atoms with Crippen LogP contribution in [0.15, 0.2) is 4.52 Å². The summed E-state index contributed by atoms with van der Waals surface area (Å²) in [6, 6.07) is 0.130. The molecule has 102 valence electrons. The van der Waals surface area contributed by atoms with Crippen LogP contribution in [-0.4, -0.2) is 39.8 Å². The molecular formula is C13H23N3O2. The normalized spacial score (nSPS) is 23.5. The first-order chi connectivity index (χ1) is 8.41. The summed E-state index contributed by atoms with van der Waals surface area (Å²) in [5, 5.41) is 13.2. The van der Waals surface area contributed by atoms with Crippen molar-refractivity contribution in [2.24, 2.45) is 5.92 Å². The fourth-order valence-electron chi connectivity index (χ4n) is 2.23. The van der Waals surface area contributed by atoms with E-state index < -0.39 is 0 Å².